The maximum atomic E-state index is 13.2. The number of hydrogen-bond acceptors (Lipinski definition) is 4. The molecule has 1 fully saturated rings. The quantitative estimate of drug-likeness (QED) is 0.432. The number of para-hydroxylation sites is 1. The number of halogens is 3. The molecule has 0 saturated heterocycles. The zero-order chi connectivity index (χ0) is 22.3. The Morgan fingerprint density at radius 3 is 2.41 bits per heavy atom. The SMILES string of the molecule is O=C(Nc1ccc(-c2ccc3nc(Nc4ccccc4C(F)(F)F)nn3c2)cc1)C1CC1. The third kappa shape index (κ3) is 4.14. The fourth-order valence-electron chi connectivity index (χ4n) is 3.40. The predicted molar refractivity (Wildman–Crippen MR) is 115 cm³/mol. The molecule has 2 heterocycles. The molecule has 0 unspecified atom stereocenters. The molecule has 9 heteroatoms. The first-order chi connectivity index (χ1) is 15.4. The van der Waals surface area contributed by atoms with E-state index < -0.39 is 11.7 Å². The lowest BCUT2D eigenvalue weighted by atomic mass is 10.1. The van der Waals surface area contributed by atoms with Crippen molar-refractivity contribution in [2.75, 3.05) is 10.6 Å². The van der Waals surface area contributed by atoms with Crippen LogP contribution >= 0.6 is 0 Å². The molecule has 0 atom stereocenters. The van der Waals surface area contributed by atoms with Gasteiger partial charge in [-0.15, -0.1) is 5.10 Å². The van der Waals surface area contributed by atoms with Gasteiger partial charge in [-0.05, 0) is 54.8 Å². The molecule has 2 aromatic heterocycles. The van der Waals surface area contributed by atoms with Crippen molar-refractivity contribution in [3.05, 3.63) is 72.4 Å². The average Bonchev–Trinajstić information content (AvgIpc) is 3.54. The van der Waals surface area contributed by atoms with Gasteiger partial charge < -0.3 is 10.6 Å². The molecule has 2 aromatic carbocycles. The van der Waals surface area contributed by atoms with E-state index in [1.807, 2.05) is 30.3 Å². The number of hydrogen-bond donors (Lipinski definition) is 2. The Morgan fingerprint density at radius 1 is 0.969 bits per heavy atom. The number of benzene rings is 2. The summed E-state index contributed by atoms with van der Waals surface area (Å²) in [6, 6.07) is 16.2. The predicted octanol–water partition coefficient (Wildman–Crippen LogP) is 5.51. The molecule has 0 aliphatic heterocycles. The summed E-state index contributed by atoms with van der Waals surface area (Å²) in [4.78, 5) is 16.1. The van der Waals surface area contributed by atoms with Crippen molar-refractivity contribution in [3.8, 4) is 11.1 Å². The van der Waals surface area contributed by atoms with Crippen molar-refractivity contribution in [3.63, 3.8) is 0 Å². The van der Waals surface area contributed by atoms with Crippen molar-refractivity contribution in [1.82, 2.24) is 14.6 Å². The van der Waals surface area contributed by atoms with Gasteiger partial charge >= 0.3 is 6.18 Å². The van der Waals surface area contributed by atoms with E-state index in [-0.39, 0.29) is 23.5 Å². The molecule has 5 rings (SSSR count). The van der Waals surface area contributed by atoms with Crippen LogP contribution < -0.4 is 10.6 Å². The summed E-state index contributed by atoms with van der Waals surface area (Å²) < 4.78 is 41.2. The smallest absolute Gasteiger partial charge is 0.326 e. The fraction of sp³-hybridized carbons (Fsp3) is 0.174. The Labute approximate surface area is 181 Å². The Hall–Kier alpha value is -3.88. The number of carbonyl (C=O) groups excluding carboxylic acids is 1. The third-order valence-electron chi connectivity index (χ3n) is 5.24. The molecule has 32 heavy (non-hydrogen) atoms. The molecule has 6 nitrogen and oxygen atoms in total. The number of nitrogens with one attached hydrogen (secondary N) is 2. The van der Waals surface area contributed by atoms with Crippen molar-refractivity contribution in [1.29, 1.82) is 0 Å². The molecular formula is C23H18F3N5O. The van der Waals surface area contributed by atoms with Gasteiger partial charge in [0.2, 0.25) is 11.9 Å². The lowest BCUT2D eigenvalue weighted by Gasteiger charge is -2.12. The van der Waals surface area contributed by atoms with Crippen LogP contribution in [0.4, 0.5) is 30.5 Å². The summed E-state index contributed by atoms with van der Waals surface area (Å²) in [5.41, 5.74) is 2.10. The van der Waals surface area contributed by atoms with Crippen LogP contribution in [0.2, 0.25) is 0 Å². The zero-order valence-electron chi connectivity index (χ0n) is 16.7. The highest BCUT2D eigenvalue weighted by Crippen LogP contribution is 2.35. The standard InChI is InChI=1S/C23H18F3N5O/c24-23(25,26)18-3-1-2-4-19(18)28-22-29-20-12-9-16(13-31(20)30-22)14-7-10-17(11-8-14)27-21(32)15-5-6-15/h1-4,7-13,15H,5-6H2,(H,27,32)(H,28,30). The van der Waals surface area contributed by atoms with Gasteiger partial charge in [-0.25, -0.2) is 4.52 Å². The molecule has 0 spiro atoms. The van der Waals surface area contributed by atoms with Crippen LogP contribution in [0, 0.1) is 5.92 Å². The minimum atomic E-state index is -4.49. The normalized spacial score (nSPS) is 13.8. The molecule has 1 aliphatic carbocycles. The number of alkyl halides is 3. The topological polar surface area (TPSA) is 71.3 Å². The Bertz CT molecular complexity index is 1290. The Kier molecular flexibility index (Phi) is 4.80. The van der Waals surface area contributed by atoms with E-state index in [1.165, 1.54) is 22.7 Å². The van der Waals surface area contributed by atoms with Gasteiger partial charge in [0.15, 0.2) is 5.65 Å². The molecular weight excluding hydrogens is 419 g/mol. The van der Waals surface area contributed by atoms with Crippen LogP contribution in [0.3, 0.4) is 0 Å². The molecule has 0 radical (unpaired) electrons. The highest BCUT2D eigenvalue weighted by molar-refractivity contribution is 5.94. The molecule has 2 N–H and O–H groups in total. The number of carbonyl (C=O) groups is 1. The summed E-state index contributed by atoms with van der Waals surface area (Å²) in [5.74, 6) is 0.251. The lowest BCUT2D eigenvalue weighted by molar-refractivity contribution is -0.136. The van der Waals surface area contributed by atoms with Gasteiger partial charge in [-0.2, -0.15) is 18.2 Å². The minimum Gasteiger partial charge on any atom is -0.326 e. The summed E-state index contributed by atoms with van der Waals surface area (Å²) in [6.07, 6.45) is -0.845. The van der Waals surface area contributed by atoms with Crippen LogP contribution in [0.1, 0.15) is 18.4 Å². The highest BCUT2D eigenvalue weighted by Gasteiger charge is 2.33. The Balaban J connectivity index is 1.37. The molecule has 162 valence electrons. The molecule has 0 bridgehead atoms. The number of amides is 1. The van der Waals surface area contributed by atoms with Crippen LogP contribution in [-0.2, 0) is 11.0 Å². The van der Waals surface area contributed by atoms with Crippen molar-refractivity contribution in [2.45, 2.75) is 19.0 Å². The third-order valence-corrected chi connectivity index (χ3v) is 5.24. The van der Waals surface area contributed by atoms with E-state index in [9.17, 15) is 18.0 Å². The molecule has 1 saturated carbocycles. The summed E-state index contributed by atoms with van der Waals surface area (Å²) in [7, 11) is 0. The molecule has 1 aliphatic rings. The second-order valence-electron chi connectivity index (χ2n) is 7.67. The van der Waals surface area contributed by atoms with Gasteiger partial charge in [-0.3, -0.25) is 4.79 Å². The monoisotopic (exact) mass is 437 g/mol. The molecule has 1 amide bonds. The largest absolute Gasteiger partial charge is 0.418 e. The summed E-state index contributed by atoms with van der Waals surface area (Å²) in [5, 5.41) is 9.83. The maximum absolute atomic E-state index is 13.2. The van der Waals surface area contributed by atoms with Gasteiger partial charge in [-0.1, -0.05) is 24.3 Å². The number of fused-ring (bicyclic) bond motifs is 1. The maximum Gasteiger partial charge on any atom is 0.418 e. The number of aromatic nitrogens is 3. The van der Waals surface area contributed by atoms with E-state index in [0.717, 1.165) is 35.7 Å². The van der Waals surface area contributed by atoms with E-state index in [1.54, 1.807) is 12.3 Å². The first kappa shape index (κ1) is 20.0. The van der Waals surface area contributed by atoms with Crippen LogP contribution in [0.5, 0.6) is 0 Å². The second kappa shape index (κ2) is 7.67. The second-order valence-corrected chi connectivity index (χ2v) is 7.67. The average molecular weight is 437 g/mol. The van der Waals surface area contributed by atoms with Gasteiger partial charge in [0, 0.05) is 23.4 Å². The van der Waals surface area contributed by atoms with E-state index in [4.69, 9.17) is 0 Å². The fourth-order valence-corrected chi connectivity index (χ4v) is 3.40. The van der Waals surface area contributed by atoms with Crippen molar-refractivity contribution in [2.24, 2.45) is 5.92 Å². The number of rotatable bonds is 5. The minimum absolute atomic E-state index is 0.0499. The first-order valence-electron chi connectivity index (χ1n) is 10.1. The first-order valence-corrected chi connectivity index (χ1v) is 10.1. The van der Waals surface area contributed by atoms with Crippen molar-refractivity contribution >= 4 is 28.9 Å². The highest BCUT2D eigenvalue weighted by atomic mass is 19.4. The van der Waals surface area contributed by atoms with Crippen molar-refractivity contribution < 1.29 is 18.0 Å². The van der Waals surface area contributed by atoms with Gasteiger partial charge in [0.25, 0.3) is 0 Å². The van der Waals surface area contributed by atoms with Gasteiger partial charge in [0.1, 0.15) is 0 Å². The van der Waals surface area contributed by atoms with Crippen LogP contribution in [-0.4, -0.2) is 20.5 Å². The van der Waals surface area contributed by atoms with E-state index in [0.29, 0.717) is 5.65 Å². The zero-order valence-corrected chi connectivity index (χ0v) is 16.7. The summed E-state index contributed by atoms with van der Waals surface area (Å²) in [6.45, 7) is 0. The number of nitrogens with zero attached hydrogens (tertiary/aromatic N) is 3. The van der Waals surface area contributed by atoms with Crippen LogP contribution in [0.25, 0.3) is 16.8 Å². The number of pyridine rings is 1. The lowest BCUT2D eigenvalue weighted by Crippen LogP contribution is -2.12. The van der Waals surface area contributed by atoms with E-state index >= 15 is 0 Å². The number of anilines is 3. The van der Waals surface area contributed by atoms with E-state index in [2.05, 4.69) is 20.7 Å². The molecule has 4 aromatic rings. The van der Waals surface area contributed by atoms with Crippen LogP contribution in [0.15, 0.2) is 66.9 Å². The summed E-state index contributed by atoms with van der Waals surface area (Å²) >= 11 is 0. The van der Waals surface area contributed by atoms with Gasteiger partial charge in [0.05, 0.1) is 11.3 Å². The Morgan fingerprint density at radius 2 is 1.69 bits per heavy atom.